The van der Waals surface area contributed by atoms with E-state index in [1.165, 1.54) is 25.0 Å². The number of hydrogen-bond donors (Lipinski definition) is 0. The van der Waals surface area contributed by atoms with Crippen molar-refractivity contribution >= 4 is 0 Å². The molecule has 0 atom stereocenters. The summed E-state index contributed by atoms with van der Waals surface area (Å²) in [4.78, 5) is 4.42. The predicted molar refractivity (Wildman–Crippen MR) is 69.4 cm³/mol. The summed E-state index contributed by atoms with van der Waals surface area (Å²) in [6, 6.07) is 12.3. The molecule has 0 saturated heterocycles. The number of pyridine rings is 2. The van der Waals surface area contributed by atoms with Gasteiger partial charge in [-0.3, -0.25) is 0 Å². The van der Waals surface area contributed by atoms with E-state index < -0.39 is 0 Å². The van der Waals surface area contributed by atoms with Gasteiger partial charge in [0.05, 0.1) is 0 Å². The van der Waals surface area contributed by atoms with Crippen molar-refractivity contribution in [1.82, 2.24) is 4.98 Å². The fraction of sp³-hybridized carbons (Fsp3) is 0.333. The van der Waals surface area contributed by atoms with Crippen LogP contribution in [0.2, 0.25) is 0 Å². The average molecular weight is 227 g/mol. The minimum atomic E-state index is 1.05. The first-order valence-corrected chi connectivity index (χ1v) is 6.31. The van der Waals surface area contributed by atoms with E-state index in [-0.39, 0.29) is 0 Å². The number of unbranched alkanes of at least 4 members (excludes halogenated alkanes) is 2. The van der Waals surface area contributed by atoms with Gasteiger partial charge in [0.25, 0.3) is 0 Å². The van der Waals surface area contributed by atoms with Crippen LogP contribution in [-0.2, 0) is 6.54 Å². The Bertz CT molecular complexity index is 451. The molecule has 0 bridgehead atoms. The largest absolute Gasteiger partial charge is 0.250 e. The first kappa shape index (κ1) is 11.8. The molecule has 2 nitrogen and oxygen atoms in total. The topological polar surface area (TPSA) is 16.8 Å². The molecule has 0 aliphatic carbocycles. The smallest absolute Gasteiger partial charge is 0.231 e. The van der Waals surface area contributed by atoms with Crippen molar-refractivity contribution in [1.29, 1.82) is 0 Å². The first-order chi connectivity index (χ1) is 8.42. The predicted octanol–water partition coefficient (Wildman–Crippen LogP) is 3.23. The Morgan fingerprint density at radius 3 is 2.71 bits per heavy atom. The van der Waals surface area contributed by atoms with Crippen LogP contribution in [0, 0.1) is 0 Å². The zero-order valence-electron chi connectivity index (χ0n) is 10.3. The zero-order valence-corrected chi connectivity index (χ0v) is 10.3. The van der Waals surface area contributed by atoms with E-state index in [0.717, 1.165) is 12.2 Å². The molecule has 0 fully saturated rings. The molecule has 0 saturated carbocycles. The van der Waals surface area contributed by atoms with Gasteiger partial charge in [0.15, 0.2) is 6.20 Å². The summed E-state index contributed by atoms with van der Waals surface area (Å²) in [5.74, 6) is 0. The SMILES string of the molecule is CCCCC[n+]1ccccc1-c1ccccn1. The molecule has 0 aliphatic heterocycles. The normalized spacial score (nSPS) is 10.4. The maximum Gasteiger partial charge on any atom is 0.231 e. The van der Waals surface area contributed by atoms with Gasteiger partial charge in [-0.15, -0.1) is 0 Å². The van der Waals surface area contributed by atoms with Crippen molar-refractivity contribution in [2.24, 2.45) is 0 Å². The Kier molecular flexibility index (Phi) is 4.25. The number of aryl methyl sites for hydroxylation is 1. The highest BCUT2D eigenvalue weighted by atomic mass is 15.0. The molecule has 2 heteroatoms. The highest BCUT2D eigenvalue weighted by molar-refractivity contribution is 5.49. The Hall–Kier alpha value is -1.70. The van der Waals surface area contributed by atoms with Crippen LogP contribution in [0.5, 0.6) is 0 Å². The molecule has 88 valence electrons. The summed E-state index contributed by atoms with van der Waals surface area (Å²) in [6.45, 7) is 3.30. The van der Waals surface area contributed by atoms with Gasteiger partial charge in [0, 0.05) is 24.8 Å². The molecule has 2 aromatic rings. The van der Waals surface area contributed by atoms with Crippen LogP contribution in [0.15, 0.2) is 48.8 Å². The maximum atomic E-state index is 4.42. The van der Waals surface area contributed by atoms with Crippen molar-refractivity contribution < 1.29 is 4.57 Å². The van der Waals surface area contributed by atoms with Gasteiger partial charge in [0.1, 0.15) is 12.2 Å². The third kappa shape index (κ3) is 3.13. The Morgan fingerprint density at radius 1 is 1.06 bits per heavy atom. The number of rotatable bonds is 5. The lowest BCUT2D eigenvalue weighted by atomic mass is 10.2. The van der Waals surface area contributed by atoms with E-state index in [2.05, 4.69) is 46.9 Å². The fourth-order valence-corrected chi connectivity index (χ4v) is 1.95. The minimum absolute atomic E-state index is 1.05. The van der Waals surface area contributed by atoms with Crippen LogP contribution in [0.1, 0.15) is 26.2 Å². The van der Waals surface area contributed by atoms with Crippen LogP contribution in [-0.4, -0.2) is 4.98 Å². The first-order valence-electron chi connectivity index (χ1n) is 6.31. The summed E-state index contributed by atoms with van der Waals surface area (Å²) >= 11 is 0. The van der Waals surface area contributed by atoms with Gasteiger partial charge in [-0.25, -0.2) is 4.98 Å². The van der Waals surface area contributed by atoms with E-state index in [1.54, 1.807) is 0 Å². The third-order valence-electron chi connectivity index (χ3n) is 2.87. The minimum Gasteiger partial charge on any atom is -0.250 e. The van der Waals surface area contributed by atoms with Crippen molar-refractivity contribution in [2.75, 3.05) is 0 Å². The molecule has 0 aromatic carbocycles. The average Bonchev–Trinajstić information content (AvgIpc) is 2.41. The number of aromatic nitrogens is 2. The van der Waals surface area contributed by atoms with Crippen LogP contribution >= 0.6 is 0 Å². The number of hydrogen-bond acceptors (Lipinski definition) is 1. The van der Waals surface area contributed by atoms with Gasteiger partial charge < -0.3 is 0 Å². The second-order valence-corrected chi connectivity index (χ2v) is 4.20. The van der Waals surface area contributed by atoms with Gasteiger partial charge in [-0.2, -0.15) is 4.57 Å². The van der Waals surface area contributed by atoms with Crippen molar-refractivity contribution in [3.05, 3.63) is 48.8 Å². The molecule has 2 rings (SSSR count). The summed E-state index contributed by atoms with van der Waals surface area (Å²) in [7, 11) is 0. The Morgan fingerprint density at radius 2 is 1.94 bits per heavy atom. The highest BCUT2D eigenvalue weighted by Crippen LogP contribution is 2.11. The van der Waals surface area contributed by atoms with E-state index in [1.807, 2.05) is 18.3 Å². The summed E-state index contributed by atoms with van der Waals surface area (Å²) in [5.41, 5.74) is 2.24. The lowest BCUT2D eigenvalue weighted by Crippen LogP contribution is -2.35. The Labute approximate surface area is 103 Å². The molecule has 0 N–H and O–H groups in total. The molecule has 0 spiro atoms. The standard InChI is InChI=1S/C15H19N2/c1-2-3-7-12-17-13-8-5-10-15(17)14-9-4-6-11-16-14/h4-6,8-11,13H,2-3,7,12H2,1H3/q+1. The van der Waals surface area contributed by atoms with Crippen LogP contribution in [0.4, 0.5) is 0 Å². The van der Waals surface area contributed by atoms with Gasteiger partial charge in [-0.1, -0.05) is 19.4 Å². The van der Waals surface area contributed by atoms with Crippen LogP contribution < -0.4 is 4.57 Å². The van der Waals surface area contributed by atoms with Gasteiger partial charge in [-0.05, 0) is 24.6 Å². The molecular weight excluding hydrogens is 208 g/mol. The molecule has 2 heterocycles. The van der Waals surface area contributed by atoms with Crippen LogP contribution in [0.3, 0.4) is 0 Å². The van der Waals surface area contributed by atoms with E-state index in [4.69, 9.17) is 0 Å². The van der Waals surface area contributed by atoms with Crippen LogP contribution in [0.25, 0.3) is 11.4 Å². The lowest BCUT2D eigenvalue weighted by molar-refractivity contribution is -0.686. The summed E-state index contributed by atoms with van der Waals surface area (Å²) < 4.78 is 2.29. The fourth-order valence-electron chi connectivity index (χ4n) is 1.95. The molecular formula is C15H19N2+. The third-order valence-corrected chi connectivity index (χ3v) is 2.87. The molecule has 0 unspecified atom stereocenters. The monoisotopic (exact) mass is 227 g/mol. The quantitative estimate of drug-likeness (QED) is 0.566. The van der Waals surface area contributed by atoms with Crippen molar-refractivity contribution in [2.45, 2.75) is 32.7 Å². The molecule has 2 aromatic heterocycles. The van der Waals surface area contributed by atoms with Gasteiger partial charge in [0.2, 0.25) is 5.69 Å². The Balaban J connectivity index is 2.22. The van der Waals surface area contributed by atoms with E-state index >= 15 is 0 Å². The second kappa shape index (κ2) is 6.14. The molecule has 0 radical (unpaired) electrons. The summed E-state index contributed by atoms with van der Waals surface area (Å²) in [6.07, 6.45) is 7.75. The highest BCUT2D eigenvalue weighted by Gasteiger charge is 2.11. The number of nitrogens with zero attached hydrogens (tertiary/aromatic N) is 2. The molecule has 0 aliphatic rings. The maximum absolute atomic E-state index is 4.42. The van der Waals surface area contributed by atoms with Crippen molar-refractivity contribution in [3.63, 3.8) is 0 Å². The van der Waals surface area contributed by atoms with Crippen molar-refractivity contribution in [3.8, 4) is 11.4 Å². The van der Waals surface area contributed by atoms with E-state index in [9.17, 15) is 0 Å². The lowest BCUT2D eigenvalue weighted by Gasteiger charge is -2.02. The second-order valence-electron chi connectivity index (χ2n) is 4.20. The summed E-state index contributed by atoms with van der Waals surface area (Å²) in [5, 5.41) is 0. The molecule has 0 amide bonds. The molecule has 17 heavy (non-hydrogen) atoms. The van der Waals surface area contributed by atoms with E-state index in [0.29, 0.717) is 0 Å². The van der Waals surface area contributed by atoms with Gasteiger partial charge >= 0.3 is 0 Å². The zero-order chi connectivity index (χ0) is 11.9.